The van der Waals surface area contributed by atoms with Crippen LogP contribution in [0.4, 0.5) is 9.18 Å². The van der Waals surface area contributed by atoms with Gasteiger partial charge >= 0.3 is 6.09 Å². The Morgan fingerprint density at radius 2 is 1.96 bits per heavy atom. The Morgan fingerprint density at radius 1 is 1.20 bits per heavy atom. The van der Waals surface area contributed by atoms with Crippen LogP contribution in [0.2, 0.25) is 0 Å². The summed E-state index contributed by atoms with van der Waals surface area (Å²) in [7, 11) is 0. The van der Waals surface area contributed by atoms with Crippen molar-refractivity contribution < 1.29 is 18.7 Å². The molecule has 1 heterocycles. The number of nitrogens with zero attached hydrogens (tertiary/aromatic N) is 1. The van der Waals surface area contributed by atoms with E-state index < -0.39 is 17.2 Å². The molecular formula is C19H17ClFNO3. The van der Waals surface area contributed by atoms with Gasteiger partial charge in [-0.3, -0.25) is 4.79 Å². The number of benzene rings is 2. The van der Waals surface area contributed by atoms with Gasteiger partial charge < -0.3 is 9.64 Å². The van der Waals surface area contributed by atoms with Crippen LogP contribution < -0.4 is 0 Å². The third kappa shape index (κ3) is 3.99. The molecule has 130 valence electrons. The van der Waals surface area contributed by atoms with Gasteiger partial charge in [-0.25, -0.2) is 9.18 Å². The number of amides is 1. The van der Waals surface area contributed by atoms with Crippen molar-refractivity contribution in [3.05, 3.63) is 71.0 Å². The lowest BCUT2D eigenvalue weighted by molar-refractivity contribution is 0.0919. The Balaban J connectivity index is 1.70. The zero-order valence-corrected chi connectivity index (χ0v) is 14.2. The highest BCUT2D eigenvalue weighted by Gasteiger charge is 2.31. The molecule has 2 aromatic carbocycles. The Hall–Kier alpha value is -2.40. The quantitative estimate of drug-likeness (QED) is 0.743. The van der Waals surface area contributed by atoms with Crippen LogP contribution in [-0.2, 0) is 11.3 Å². The molecule has 0 radical (unpaired) electrons. The summed E-state index contributed by atoms with van der Waals surface area (Å²) in [5.74, 6) is -0.679. The summed E-state index contributed by atoms with van der Waals surface area (Å²) in [5.41, 5.74) is 1.37. The largest absolute Gasteiger partial charge is 0.445 e. The number of carbonyl (C=O) groups excluding carboxylic acids is 2. The molecule has 3 rings (SSSR count). The van der Waals surface area contributed by atoms with E-state index in [0.717, 1.165) is 12.0 Å². The van der Waals surface area contributed by atoms with Gasteiger partial charge in [0, 0.05) is 6.54 Å². The molecule has 0 aromatic heterocycles. The Bertz CT molecular complexity index is 781. The summed E-state index contributed by atoms with van der Waals surface area (Å²) in [6.45, 7) is 0.743. The van der Waals surface area contributed by atoms with Crippen LogP contribution >= 0.6 is 11.6 Å². The number of rotatable bonds is 4. The van der Waals surface area contributed by atoms with E-state index in [0.29, 0.717) is 18.5 Å². The number of halogens is 2. The fraction of sp³-hybridized carbons (Fsp3) is 0.263. The van der Waals surface area contributed by atoms with Crippen LogP contribution in [-0.4, -0.2) is 22.8 Å². The summed E-state index contributed by atoms with van der Waals surface area (Å²) < 4.78 is 19.4. The van der Waals surface area contributed by atoms with E-state index in [4.69, 9.17) is 16.3 Å². The maximum Gasteiger partial charge on any atom is 0.410 e. The van der Waals surface area contributed by atoms with Crippen molar-refractivity contribution in [2.24, 2.45) is 0 Å². The molecule has 4 nitrogen and oxygen atoms in total. The molecule has 0 saturated carbocycles. The monoisotopic (exact) mass is 361 g/mol. The molecule has 1 unspecified atom stereocenters. The molecule has 1 fully saturated rings. The van der Waals surface area contributed by atoms with Crippen LogP contribution in [0.1, 0.15) is 40.4 Å². The molecule has 25 heavy (non-hydrogen) atoms. The van der Waals surface area contributed by atoms with Gasteiger partial charge in [0.15, 0.2) is 0 Å². The zero-order valence-electron chi connectivity index (χ0n) is 13.5. The highest BCUT2D eigenvalue weighted by Crippen LogP contribution is 2.33. The van der Waals surface area contributed by atoms with Crippen LogP contribution in [0.3, 0.4) is 0 Å². The van der Waals surface area contributed by atoms with Crippen molar-refractivity contribution in [3.63, 3.8) is 0 Å². The fourth-order valence-electron chi connectivity index (χ4n) is 3.03. The lowest BCUT2D eigenvalue weighted by atomic mass is 10.0. The molecule has 0 N–H and O–H groups in total. The minimum atomic E-state index is -0.838. The summed E-state index contributed by atoms with van der Waals surface area (Å²) in [6, 6.07) is 13.4. The zero-order chi connectivity index (χ0) is 17.8. The van der Waals surface area contributed by atoms with Crippen molar-refractivity contribution >= 4 is 22.9 Å². The number of carbonyl (C=O) groups is 2. The van der Waals surface area contributed by atoms with Crippen molar-refractivity contribution in [2.75, 3.05) is 6.54 Å². The first-order chi connectivity index (χ1) is 12.1. The summed E-state index contributed by atoms with van der Waals surface area (Å²) in [5, 5.41) is -0.838. The SMILES string of the molecule is O=C(Cl)c1ccc(C2CCCN2C(=O)OCc2ccccc2)cc1F. The summed E-state index contributed by atoms with van der Waals surface area (Å²) >= 11 is 5.34. The molecule has 1 saturated heterocycles. The fourth-order valence-corrected chi connectivity index (χ4v) is 3.19. The second-order valence-corrected chi connectivity index (χ2v) is 6.25. The van der Waals surface area contributed by atoms with Crippen LogP contribution in [0.15, 0.2) is 48.5 Å². The molecule has 0 bridgehead atoms. The molecule has 1 amide bonds. The van der Waals surface area contributed by atoms with Gasteiger partial charge in [0.1, 0.15) is 12.4 Å². The number of hydrogen-bond acceptors (Lipinski definition) is 3. The Kier molecular flexibility index (Phi) is 5.34. The molecule has 0 spiro atoms. The average Bonchev–Trinajstić information content (AvgIpc) is 3.10. The lowest BCUT2D eigenvalue weighted by Crippen LogP contribution is -2.31. The van der Waals surface area contributed by atoms with E-state index in [1.165, 1.54) is 12.1 Å². The van der Waals surface area contributed by atoms with Gasteiger partial charge in [-0.2, -0.15) is 0 Å². The van der Waals surface area contributed by atoms with Crippen molar-refractivity contribution in [3.8, 4) is 0 Å². The van der Waals surface area contributed by atoms with Crippen molar-refractivity contribution in [1.82, 2.24) is 4.90 Å². The molecule has 2 aromatic rings. The van der Waals surface area contributed by atoms with E-state index in [1.807, 2.05) is 30.3 Å². The molecule has 6 heteroatoms. The minimum absolute atomic E-state index is 0.165. The Labute approximate surface area is 150 Å². The third-order valence-corrected chi connectivity index (χ3v) is 4.49. The molecule has 0 aliphatic carbocycles. The van der Waals surface area contributed by atoms with Gasteiger partial charge in [0.05, 0.1) is 11.6 Å². The highest BCUT2D eigenvalue weighted by atomic mass is 35.5. The summed E-state index contributed by atoms with van der Waals surface area (Å²) in [6.07, 6.45) is 1.10. The van der Waals surface area contributed by atoms with Crippen LogP contribution in [0.25, 0.3) is 0 Å². The van der Waals surface area contributed by atoms with Gasteiger partial charge in [-0.1, -0.05) is 36.4 Å². The van der Waals surface area contributed by atoms with E-state index >= 15 is 0 Å². The van der Waals surface area contributed by atoms with Gasteiger partial charge in [-0.15, -0.1) is 0 Å². The third-order valence-electron chi connectivity index (χ3n) is 4.28. The van der Waals surface area contributed by atoms with Gasteiger partial charge in [0.25, 0.3) is 5.24 Å². The molecule has 1 aliphatic rings. The maximum absolute atomic E-state index is 14.0. The first-order valence-corrected chi connectivity index (χ1v) is 8.40. The van der Waals surface area contributed by atoms with Crippen molar-refractivity contribution in [1.29, 1.82) is 0 Å². The molecule has 1 aliphatic heterocycles. The number of likely N-dealkylation sites (tertiary alicyclic amines) is 1. The van der Waals surface area contributed by atoms with Crippen LogP contribution in [0, 0.1) is 5.82 Å². The summed E-state index contributed by atoms with van der Waals surface area (Å²) in [4.78, 5) is 25.1. The minimum Gasteiger partial charge on any atom is -0.445 e. The number of ether oxygens (including phenoxy) is 1. The smallest absolute Gasteiger partial charge is 0.410 e. The molecular weight excluding hydrogens is 345 g/mol. The van der Waals surface area contributed by atoms with Gasteiger partial charge in [0.2, 0.25) is 0 Å². The standard InChI is InChI=1S/C19H17ClFNO3/c20-18(23)15-9-8-14(11-16(15)21)17-7-4-10-22(17)19(24)25-12-13-5-2-1-3-6-13/h1-3,5-6,8-9,11,17H,4,7,10,12H2. The van der Waals surface area contributed by atoms with Crippen LogP contribution in [0.5, 0.6) is 0 Å². The van der Waals surface area contributed by atoms with Crippen molar-refractivity contribution in [2.45, 2.75) is 25.5 Å². The highest BCUT2D eigenvalue weighted by molar-refractivity contribution is 6.67. The molecule has 1 atom stereocenters. The predicted octanol–water partition coefficient (Wildman–Crippen LogP) is 4.68. The van der Waals surface area contributed by atoms with Gasteiger partial charge in [-0.05, 0) is 47.7 Å². The first kappa shape index (κ1) is 17.4. The maximum atomic E-state index is 14.0. The van der Waals surface area contributed by atoms with E-state index in [2.05, 4.69) is 0 Å². The average molecular weight is 362 g/mol. The lowest BCUT2D eigenvalue weighted by Gasteiger charge is -2.24. The number of hydrogen-bond donors (Lipinski definition) is 0. The van der Waals surface area contributed by atoms with E-state index in [9.17, 15) is 14.0 Å². The first-order valence-electron chi connectivity index (χ1n) is 8.03. The normalized spacial score (nSPS) is 16.7. The Morgan fingerprint density at radius 3 is 2.64 bits per heavy atom. The second-order valence-electron chi connectivity index (χ2n) is 5.90. The topological polar surface area (TPSA) is 46.6 Å². The second kappa shape index (κ2) is 7.66. The van der Waals surface area contributed by atoms with E-state index in [-0.39, 0.29) is 18.2 Å². The van der Waals surface area contributed by atoms with E-state index in [1.54, 1.807) is 11.0 Å². The predicted molar refractivity (Wildman–Crippen MR) is 91.9 cm³/mol.